The summed E-state index contributed by atoms with van der Waals surface area (Å²) in [7, 11) is 0. The van der Waals surface area contributed by atoms with Crippen LogP contribution in [0.5, 0.6) is 0 Å². The number of hydrogen-bond acceptors (Lipinski definition) is 6. The molecule has 1 saturated heterocycles. The van der Waals surface area contributed by atoms with Crippen molar-refractivity contribution in [3.8, 4) is 10.6 Å². The number of carbonyl (C=O) groups excluding carboxylic acids is 1. The molecule has 3 heterocycles. The summed E-state index contributed by atoms with van der Waals surface area (Å²) in [6, 6.07) is 8.01. The van der Waals surface area contributed by atoms with Gasteiger partial charge >= 0.3 is 0 Å². The summed E-state index contributed by atoms with van der Waals surface area (Å²) in [5.41, 5.74) is 0.671. The Kier molecular flexibility index (Phi) is 6.01. The summed E-state index contributed by atoms with van der Waals surface area (Å²) in [6.45, 7) is 4.17. The Bertz CT molecular complexity index is 1120. The molecule has 4 rings (SSSR count). The molecule has 9 heteroatoms. The minimum Gasteiger partial charge on any atom is -0.316 e. The summed E-state index contributed by atoms with van der Waals surface area (Å²) in [4.78, 5) is 25.8. The minimum atomic E-state index is -0.537. The van der Waals surface area contributed by atoms with E-state index in [-0.39, 0.29) is 16.3 Å². The molecule has 1 fully saturated rings. The molecule has 1 aliphatic rings. The van der Waals surface area contributed by atoms with Crippen molar-refractivity contribution in [3.05, 3.63) is 63.8 Å². The zero-order valence-electron chi connectivity index (χ0n) is 16.5. The number of anilines is 1. The van der Waals surface area contributed by atoms with Gasteiger partial charge in [0, 0.05) is 18.3 Å². The Morgan fingerprint density at radius 2 is 2.17 bits per heavy atom. The van der Waals surface area contributed by atoms with Crippen molar-refractivity contribution in [2.24, 2.45) is 5.92 Å². The number of halogens is 1. The topological polar surface area (TPSA) is 88.9 Å². The average Bonchev–Trinajstić information content (AvgIpc) is 3.19. The lowest BCUT2D eigenvalue weighted by Gasteiger charge is -2.23. The fourth-order valence-corrected chi connectivity index (χ4v) is 4.39. The van der Waals surface area contributed by atoms with E-state index in [0.29, 0.717) is 28.6 Å². The third-order valence-electron chi connectivity index (χ3n) is 5.20. The van der Waals surface area contributed by atoms with E-state index in [2.05, 4.69) is 20.8 Å². The Labute approximate surface area is 177 Å². The summed E-state index contributed by atoms with van der Waals surface area (Å²) in [5.74, 6) is -0.586. The number of nitrogens with zero attached hydrogens (tertiary/aromatic N) is 3. The highest BCUT2D eigenvalue weighted by Gasteiger charge is 2.20. The van der Waals surface area contributed by atoms with E-state index >= 15 is 0 Å². The van der Waals surface area contributed by atoms with Crippen LogP contribution in [0.15, 0.2) is 41.3 Å². The second-order valence-corrected chi connectivity index (χ2v) is 8.37. The SMILES string of the molecule is Cc1ccn(CC2CCCNC2)c(=O)c1C(=O)Nc1nnc(-c2ccccc2F)s1. The van der Waals surface area contributed by atoms with Gasteiger partial charge in [0.2, 0.25) is 5.13 Å². The molecule has 2 aromatic heterocycles. The fraction of sp³-hybridized carbons (Fsp3) is 0.333. The van der Waals surface area contributed by atoms with Crippen LogP contribution in [0.1, 0.15) is 28.8 Å². The molecule has 0 radical (unpaired) electrons. The minimum absolute atomic E-state index is 0.0870. The molecule has 0 spiro atoms. The highest BCUT2D eigenvalue weighted by atomic mass is 32.1. The molecule has 0 aliphatic carbocycles. The first kappa shape index (κ1) is 20.4. The van der Waals surface area contributed by atoms with Crippen molar-refractivity contribution in [2.45, 2.75) is 26.3 Å². The zero-order chi connectivity index (χ0) is 21.1. The maximum Gasteiger partial charge on any atom is 0.263 e. The van der Waals surface area contributed by atoms with Crippen LogP contribution in [0.2, 0.25) is 0 Å². The molecule has 156 valence electrons. The number of aryl methyl sites for hydroxylation is 1. The van der Waals surface area contributed by atoms with Gasteiger partial charge < -0.3 is 9.88 Å². The number of piperidine rings is 1. The van der Waals surface area contributed by atoms with Crippen LogP contribution in [0.4, 0.5) is 9.52 Å². The van der Waals surface area contributed by atoms with Crippen molar-refractivity contribution >= 4 is 22.4 Å². The van der Waals surface area contributed by atoms with Crippen LogP contribution < -0.4 is 16.2 Å². The number of carbonyl (C=O) groups is 1. The average molecular weight is 428 g/mol. The van der Waals surface area contributed by atoms with Crippen molar-refractivity contribution < 1.29 is 9.18 Å². The predicted octanol–water partition coefficient (Wildman–Crippen LogP) is 3.07. The van der Waals surface area contributed by atoms with Gasteiger partial charge in [-0.15, -0.1) is 10.2 Å². The van der Waals surface area contributed by atoms with Crippen LogP contribution in [0.25, 0.3) is 10.6 Å². The van der Waals surface area contributed by atoms with Crippen molar-refractivity contribution in [1.29, 1.82) is 0 Å². The van der Waals surface area contributed by atoms with E-state index in [1.807, 2.05) is 0 Å². The molecular formula is C21H22FN5O2S. The molecule has 1 aromatic carbocycles. The standard InChI is InChI=1S/C21H22FN5O2S/c1-13-8-10-27(12-14-5-4-9-23-11-14)20(29)17(13)18(28)24-21-26-25-19(30-21)15-6-2-3-7-16(15)22/h2-3,6-8,10,14,23H,4-5,9,11-12H2,1H3,(H,24,26,28). The van der Waals surface area contributed by atoms with Crippen LogP contribution >= 0.6 is 11.3 Å². The summed E-state index contributed by atoms with van der Waals surface area (Å²) in [6.07, 6.45) is 3.88. The Morgan fingerprint density at radius 1 is 1.33 bits per heavy atom. The van der Waals surface area contributed by atoms with Gasteiger partial charge in [-0.2, -0.15) is 0 Å². The molecule has 1 aliphatic heterocycles. The molecule has 2 N–H and O–H groups in total. The van der Waals surface area contributed by atoms with Gasteiger partial charge in [-0.3, -0.25) is 14.9 Å². The van der Waals surface area contributed by atoms with E-state index in [1.165, 1.54) is 6.07 Å². The van der Waals surface area contributed by atoms with E-state index in [1.54, 1.807) is 42.0 Å². The van der Waals surface area contributed by atoms with E-state index < -0.39 is 11.7 Å². The van der Waals surface area contributed by atoms with Crippen LogP contribution in [-0.4, -0.2) is 33.8 Å². The quantitative estimate of drug-likeness (QED) is 0.653. The normalized spacial score (nSPS) is 16.4. The van der Waals surface area contributed by atoms with E-state index in [4.69, 9.17) is 0 Å². The largest absolute Gasteiger partial charge is 0.316 e. The summed E-state index contributed by atoms with van der Waals surface area (Å²) >= 11 is 1.06. The number of aromatic nitrogens is 3. The van der Waals surface area contributed by atoms with Gasteiger partial charge in [-0.05, 0) is 62.5 Å². The maximum absolute atomic E-state index is 14.0. The zero-order valence-corrected chi connectivity index (χ0v) is 17.3. The lowest BCUT2D eigenvalue weighted by molar-refractivity contribution is 0.102. The number of benzene rings is 1. The molecule has 0 saturated carbocycles. The first-order valence-corrected chi connectivity index (χ1v) is 10.6. The third kappa shape index (κ3) is 4.31. The van der Waals surface area contributed by atoms with Crippen molar-refractivity contribution in [3.63, 3.8) is 0 Å². The predicted molar refractivity (Wildman–Crippen MR) is 114 cm³/mol. The highest BCUT2D eigenvalue weighted by molar-refractivity contribution is 7.18. The molecule has 7 nitrogen and oxygen atoms in total. The molecule has 3 aromatic rings. The summed E-state index contributed by atoms with van der Waals surface area (Å²) in [5, 5.41) is 14.4. The lowest BCUT2D eigenvalue weighted by Crippen LogP contribution is -2.36. The van der Waals surface area contributed by atoms with E-state index in [9.17, 15) is 14.0 Å². The van der Waals surface area contributed by atoms with Crippen molar-refractivity contribution in [2.75, 3.05) is 18.4 Å². The molecule has 1 unspecified atom stereocenters. The first-order valence-electron chi connectivity index (χ1n) is 9.83. The van der Waals surface area contributed by atoms with Gasteiger partial charge in [0.1, 0.15) is 11.4 Å². The maximum atomic E-state index is 14.0. The lowest BCUT2D eigenvalue weighted by atomic mass is 9.99. The number of rotatable bonds is 5. The fourth-order valence-electron chi connectivity index (χ4n) is 3.62. The second kappa shape index (κ2) is 8.85. The number of nitrogens with one attached hydrogen (secondary N) is 2. The Morgan fingerprint density at radius 3 is 2.93 bits per heavy atom. The Balaban J connectivity index is 1.54. The van der Waals surface area contributed by atoms with Crippen LogP contribution in [-0.2, 0) is 6.54 Å². The van der Waals surface area contributed by atoms with Gasteiger partial charge in [0.15, 0.2) is 5.01 Å². The van der Waals surface area contributed by atoms with Crippen LogP contribution in [0.3, 0.4) is 0 Å². The third-order valence-corrected chi connectivity index (χ3v) is 6.08. The molecule has 0 bridgehead atoms. The van der Waals surface area contributed by atoms with E-state index in [0.717, 1.165) is 37.3 Å². The second-order valence-electron chi connectivity index (χ2n) is 7.39. The molecular weight excluding hydrogens is 405 g/mol. The van der Waals surface area contributed by atoms with Crippen molar-refractivity contribution in [1.82, 2.24) is 20.1 Å². The van der Waals surface area contributed by atoms with Gasteiger partial charge in [-0.1, -0.05) is 23.5 Å². The first-order chi connectivity index (χ1) is 14.5. The highest BCUT2D eigenvalue weighted by Crippen LogP contribution is 2.28. The summed E-state index contributed by atoms with van der Waals surface area (Å²) < 4.78 is 15.6. The monoisotopic (exact) mass is 427 g/mol. The van der Waals surface area contributed by atoms with Gasteiger partial charge in [0.25, 0.3) is 11.5 Å². The van der Waals surface area contributed by atoms with Crippen LogP contribution in [0, 0.1) is 18.7 Å². The molecule has 30 heavy (non-hydrogen) atoms. The van der Waals surface area contributed by atoms with Gasteiger partial charge in [0.05, 0.1) is 0 Å². The molecule has 1 amide bonds. The van der Waals surface area contributed by atoms with Gasteiger partial charge in [-0.25, -0.2) is 4.39 Å². The number of pyridine rings is 1. The number of amides is 1. The Hall–Kier alpha value is -2.91. The number of hydrogen-bond donors (Lipinski definition) is 2. The molecule has 1 atom stereocenters. The smallest absolute Gasteiger partial charge is 0.263 e.